The third-order valence-corrected chi connectivity index (χ3v) is 6.83. The van der Waals surface area contributed by atoms with E-state index in [2.05, 4.69) is 38.7 Å². The van der Waals surface area contributed by atoms with E-state index in [1.165, 1.54) is 0 Å². The van der Waals surface area contributed by atoms with E-state index in [0.717, 1.165) is 63.0 Å². The predicted molar refractivity (Wildman–Crippen MR) is 142 cm³/mol. The van der Waals surface area contributed by atoms with Crippen LogP contribution in [0.5, 0.6) is 6.01 Å². The van der Waals surface area contributed by atoms with Crippen LogP contribution in [0, 0.1) is 0 Å². The second-order valence-electron chi connectivity index (χ2n) is 9.79. The highest BCUT2D eigenvalue weighted by atomic mass is 16.5. The van der Waals surface area contributed by atoms with Crippen molar-refractivity contribution in [2.45, 2.75) is 58.2 Å². The molecule has 1 aromatic carbocycles. The first-order valence-corrected chi connectivity index (χ1v) is 12.9. The Balaban J connectivity index is 1.46. The number of benzene rings is 1. The van der Waals surface area contributed by atoms with Gasteiger partial charge in [0.05, 0.1) is 13.0 Å². The van der Waals surface area contributed by atoms with Crippen LogP contribution in [-0.4, -0.2) is 79.7 Å². The van der Waals surface area contributed by atoms with E-state index in [1.807, 2.05) is 24.3 Å². The molecule has 11 nitrogen and oxygen atoms in total. The molecule has 0 spiro atoms. The van der Waals surface area contributed by atoms with Gasteiger partial charge in [0, 0.05) is 32.2 Å². The van der Waals surface area contributed by atoms with E-state index in [0.29, 0.717) is 30.4 Å². The van der Waals surface area contributed by atoms with Gasteiger partial charge >= 0.3 is 17.7 Å². The molecule has 1 fully saturated rings. The summed E-state index contributed by atoms with van der Waals surface area (Å²) in [5.41, 5.74) is 8.65. The molecule has 2 aromatic heterocycles. The van der Waals surface area contributed by atoms with Crippen molar-refractivity contribution in [2.24, 2.45) is 0 Å². The Hall–Kier alpha value is -3.44. The van der Waals surface area contributed by atoms with E-state index in [9.17, 15) is 9.59 Å². The second kappa shape index (κ2) is 12.2. The smallest absolute Gasteiger partial charge is 0.327 e. The van der Waals surface area contributed by atoms with Crippen LogP contribution in [0.1, 0.15) is 43.7 Å². The molecular formula is C26H37N7O4. The number of hydrogen-bond donors (Lipinski definition) is 3. The number of aliphatic carboxylic acids is 1. The number of nitrogens with one attached hydrogen (secondary N) is 1. The van der Waals surface area contributed by atoms with Gasteiger partial charge in [-0.1, -0.05) is 37.6 Å². The van der Waals surface area contributed by atoms with E-state index < -0.39 is 5.97 Å². The Morgan fingerprint density at radius 3 is 2.68 bits per heavy atom. The van der Waals surface area contributed by atoms with Crippen LogP contribution in [0.25, 0.3) is 11.2 Å². The van der Waals surface area contributed by atoms with Crippen molar-refractivity contribution >= 4 is 23.0 Å². The molecule has 0 saturated carbocycles. The summed E-state index contributed by atoms with van der Waals surface area (Å²) in [7, 11) is 2.13. The molecule has 1 atom stereocenters. The zero-order valence-corrected chi connectivity index (χ0v) is 21.7. The minimum absolute atomic E-state index is 0.0240. The topological polar surface area (TPSA) is 143 Å². The van der Waals surface area contributed by atoms with Gasteiger partial charge in [-0.2, -0.15) is 9.97 Å². The van der Waals surface area contributed by atoms with Gasteiger partial charge in [-0.25, -0.2) is 4.79 Å². The highest BCUT2D eigenvalue weighted by Crippen LogP contribution is 2.20. The number of hydrogen-bond acceptors (Lipinski definition) is 8. The number of aromatic amines is 1. The highest BCUT2D eigenvalue weighted by molar-refractivity contribution is 5.81. The summed E-state index contributed by atoms with van der Waals surface area (Å²) in [6.07, 6.45) is 3.74. The fourth-order valence-electron chi connectivity index (χ4n) is 4.81. The summed E-state index contributed by atoms with van der Waals surface area (Å²) in [6, 6.07) is 8.39. The molecule has 200 valence electrons. The van der Waals surface area contributed by atoms with Crippen LogP contribution in [0.4, 0.5) is 5.82 Å². The number of likely N-dealkylation sites (N-methyl/N-ethyl adjacent to an activating group) is 1. The highest BCUT2D eigenvalue weighted by Gasteiger charge is 2.26. The SMILES string of the molecule is CCCCOc1nc(N)c2[nH]c(=O)n(CCCN(Cc3ccc(CC(=O)O)cc3)[C@H]3CCN(C)C3)c2n1. The molecule has 0 amide bonds. The Morgan fingerprint density at radius 1 is 1.24 bits per heavy atom. The molecule has 4 rings (SSSR count). The van der Waals surface area contributed by atoms with Crippen LogP contribution in [0.3, 0.4) is 0 Å². The second-order valence-corrected chi connectivity index (χ2v) is 9.79. The molecule has 0 bridgehead atoms. The number of anilines is 1. The van der Waals surface area contributed by atoms with Crippen molar-refractivity contribution < 1.29 is 14.6 Å². The van der Waals surface area contributed by atoms with Crippen LogP contribution >= 0.6 is 0 Å². The van der Waals surface area contributed by atoms with Crippen molar-refractivity contribution in [3.05, 3.63) is 45.9 Å². The molecule has 1 saturated heterocycles. The number of likely N-dealkylation sites (tertiary alicyclic amines) is 1. The van der Waals surface area contributed by atoms with Gasteiger partial charge < -0.3 is 25.5 Å². The predicted octanol–water partition coefficient (Wildman–Crippen LogP) is 2.10. The van der Waals surface area contributed by atoms with E-state index in [-0.39, 0.29) is 23.9 Å². The average Bonchev–Trinajstić information content (AvgIpc) is 3.43. The number of carboxylic acid groups (broad SMARTS) is 1. The van der Waals surface area contributed by atoms with Crippen molar-refractivity contribution in [1.29, 1.82) is 0 Å². The van der Waals surface area contributed by atoms with Gasteiger partial charge in [0.25, 0.3) is 0 Å². The number of aryl methyl sites for hydroxylation is 1. The molecule has 37 heavy (non-hydrogen) atoms. The van der Waals surface area contributed by atoms with Crippen molar-refractivity contribution in [3.63, 3.8) is 0 Å². The summed E-state index contributed by atoms with van der Waals surface area (Å²) in [5.74, 6) is -0.628. The fourth-order valence-corrected chi connectivity index (χ4v) is 4.81. The summed E-state index contributed by atoms with van der Waals surface area (Å²) in [6.45, 7) is 6.67. The lowest BCUT2D eigenvalue weighted by Gasteiger charge is -2.29. The lowest BCUT2D eigenvalue weighted by atomic mass is 10.1. The first-order valence-electron chi connectivity index (χ1n) is 12.9. The Labute approximate surface area is 216 Å². The van der Waals surface area contributed by atoms with Crippen molar-refractivity contribution in [2.75, 3.05) is 39.0 Å². The van der Waals surface area contributed by atoms with E-state index >= 15 is 0 Å². The normalized spacial score (nSPS) is 16.1. The minimum atomic E-state index is -0.831. The fraction of sp³-hybridized carbons (Fsp3) is 0.538. The van der Waals surface area contributed by atoms with Crippen LogP contribution in [-0.2, 0) is 24.3 Å². The Kier molecular flexibility index (Phi) is 8.78. The zero-order chi connectivity index (χ0) is 26.4. The first-order chi connectivity index (χ1) is 17.8. The minimum Gasteiger partial charge on any atom is -0.481 e. The summed E-state index contributed by atoms with van der Waals surface area (Å²) >= 11 is 0. The van der Waals surface area contributed by atoms with Crippen LogP contribution in [0.2, 0.25) is 0 Å². The number of carboxylic acids is 1. The maximum Gasteiger partial charge on any atom is 0.327 e. The van der Waals surface area contributed by atoms with Gasteiger partial charge in [0.15, 0.2) is 11.5 Å². The van der Waals surface area contributed by atoms with Gasteiger partial charge in [-0.05, 0) is 44.0 Å². The van der Waals surface area contributed by atoms with Gasteiger partial charge in [0.1, 0.15) is 5.52 Å². The number of rotatable bonds is 13. The van der Waals surface area contributed by atoms with E-state index in [1.54, 1.807) is 4.57 Å². The number of fused-ring (bicyclic) bond motifs is 1. The zero-order valence-electron chi connectivity index (χ0n) is 21.7. The largest absolute Gasteiger partial charge is 0.481 e. The van der Waals surface area contributed by atoms with Crippen molar-refractivity contribution in [3.8, 4) is 6.01 Å². The molecule has 1 aliphatic heterocycles. The summed E-state index contributed by atoms with van der Waals surface area (Å²) in [4.78, 5) is 39.9. The van der Waals surface area contributed by atoms with Gasteiger partial charge in [-0.15, -0.1) is 0 Å². The number of nitrogen functional groups attached to an aromatic ring is 1. The van der Waals surface area contributed by atoms with Gasteiger partial charge in [0.2, 0.25) is 0 Å². The number of unbranched alkanes of at least 4 members (excludes halogenated alkanes) is 1. The first kappa shape index (κ1) is 26.6. The third-order valence-electron chi connectivity index (χ3n) is 6.83. The maximum absolute atomic E-state index is 12.7. The Bertz CT molecular complexity index is 1250. The monoisotopic (exact) mass is 511 g/mol. The standard InChI is InChI=1S/C26H37N7O4/c1-3-4-14-37-25-29-23(27)22-24(30-25)33(26(36)28-22)12-5-11-32(20-10-13-31(2)17-20)16-19-8-6-18(7-9-19)15-21(34)35/h6-9,20H,3-5,10-17H2,1-2H3,(H,28,36)(H,34,35)(H2,27,29,30)/t20-/m0/s1. The Morgan fingerprint density at radius 2 is 2.00 bits per heavy atom. The molecule has 0 unspecified atom stereocenters. The number of ether oxygens (including phenoxy) is 1. The lowest BCUT2D eigenvalue weighted by molar-refractivity contribution is -0.136. The molecule has 3 heterocycles. The lowest BCUT2D eigenvalue weighted by Crippen LogP contribution is -2.38. The van der Waals surface area contributed by atoms with Crippen molar-refractivity contribution in [1.82, 2.24) is 29.3 Å². The summed E-state index contributed by atoms with van der Waals surface area (Å²) < 4.78 is 7.25. The number of nitrogens with zero attached hydrogens (tertiary/aromatic N) is 5. The van der Waals surface area contributed by atoms with E-state index in [4.69, 9.17) is 15.6 Å². The molecule has 11 heteroatoms. The quantitative estimate of drug-likeness (QED) is 0.294. The molecule has 3 aromatic rings. The number of H-pyrrole nitrogens is 1. The number of imidazole rings is 1. The average molecular weight is 512 g/mol. The summed E-state index contributed by atoms with van der Waals surface area (Å²) in [5, 5.41) is 9.03. The molecule has 0 aliphatic carbocycles. The van der Waals surface area contributed by atoms with Crippen LogP contribution in [0.15, 0.2) is 29.1 Å². The molecular weight excluding hydrogens is 474 g/mol. The third kappa shape index (κ3) is 6.86. The number of aromatic nitrogens is 4. The number of carbonyl (C=O) groups is 1. The van der Waals surface area contributed by atoms with Crippen LogP contribution < -0.4 is 16.2 Å². The molecule has 4 N–H and O–H groups in total. The van der Waals surface area contributed by atoms with Gasteiger partial charge in [-0.3, -0.25) is 14.3 Å². The molecule has 0 radical (unpaired) electrons. The number of nitrogens with two attached hydrogens (primary N) is 1. The molecule has 1 aliphatic rings. The maximum atomic E-state index is 12.7.